The molecule has 0 spiro atoms. The second-order valence-corrected chi connectivity index (χ2v) is 5.64. The summed E-state index contributed by atoms with van der Waals surface area (Å²) in [5.74, 6) is 0.299. The number of aryl methyl sites for hydroxylation is 1. The van der Waals surface area contributed by atoms with Gasteiger partial charge in [-0.05, 0) is 32.9 Å². The predicted octanol–water partition coefficient (Wildman–Crippen LogP) is 3.03. The number of ether oxygens (including phenoxy) is 1. The standard InChI is InChI=1S/C16H20ClN3O2/c1-10(13-9-18-20(4)11(13)2)19-16(21)12(3)22-15-8-6-5-7-14(15)17/h5-10,12H,1-4H3,(H,19,21)/t10-,12+/m0/s1. The molecule has 0 bridgehead atoms. The molecule has 0 aliphatic rings. The van der Waals surface area contributed by atoms with E-state index in [4.69, 9.17) is 16.3 Å². The lowest BCUT2D eigenvalue weighted by Gasteiger charge is -2.19. The highest BCUT2D eigenvalue weighted by atomic mass is 35.5. The van der Waals surface area contributed by atoms with Crippen LogP contribution in [0.15, 0.2) is 30.5 Å². The first-order valence-electron chi connectivity index (χ1n) is 7.10. The SMILES string of the molecule is Cc1c([C@H](C)NC(=O)[C@@H](C)Oc2ccccc2Cl)cnn1C. The molecule has 2 aromatic rings. The van der Waals surface area contributed by atoms with E-state index in [1.54, 1.807) is 29.9 Å². The molecule has 22 heavy (non-hydrogen) atoms. The normalized spacial score (nSPS) is 13.5. The maximum atomic E-state index is 12.3. The molecule has 0 aliphatic carbocycles. The Hall–Kier alpha value is -2.01. The van der Waals surface area contributed by atoms with E-state index in [1.807, 2.05) is 33.0 Å². The van der Waals surface area contributed by atoms with E-state index in [0.717, 1.165) is 11.3 Å². The molecule has 0 unspecified atom stereocenters. The Morgan fingerprint density at radius 2 is 2.05 bits per heavy atom. The van der Waals surface area contributed by atoms with Gasteiger partial charge in [-0.25, -0.2) is 0 Å². The predicted molar refractivity (Wildman–Crippen MR) is 86.0 cm³/mol. The van der Waals surface area contributed by atoms with Crippen LogP contribution in [0.4, 0.5) is 0 Å². The first-order valence-corrected chi connectivity index (χ1v) is 7.48. The molecule has 2 atom stereocenters. The summed E-state index contributed by atoms with van der Waals surface area (Å²) in [7, 11) is 1.87. The van der Waals surface area contributed by atoms with Crippen LogP contribution < -0.4 is 10.1 Å². The van der Waals surface area contributed by atoms with Crippen LogP contribution in [0.5, 0.6) is 5.75 Å². The molecule has 0 saturated carbocycles. The number of carbonyl (C=O) groups excluding carboxylic acids is 1. The minimum Gasteiger partial charge on any atom is -0.479 e. The van der Waals surface area contributed by atoms with Crippen LogP contribution in [0.3, 0.4) is 0 Å². The van der Waals surface area contributed by atoms with E-state index in [0.29, 0.717) is 10.8 Å². The van der Waals surface area contributed by atoms with Gasteiger partial charge in [0.1, 0.15) is 5.75 Å². The molecule has 0 aliphatic heterocycles. The smallest absolute Gasteiger partial charge is 0.261 e. The number of halogens is 1. The van der Waals surface area contributed by atoms with Crippen molar-refractivity contribution in [3.8, 4) is 5.75 Å². The van der Waals surface area contributed by atoms with Gasteiger partial charge in [0.25, 0.3) is 5.91 Å². The summed E-state index contributed by atoms with van der Waals surface area (Å²) in [5, 5.41) is 7.60. The number of rotatable bonds is 5. The Bertz CT molecular complexity index is 669. The van der Waals surface area contributed by atoms with Gasteiger partial charge in [-0.3, -0.25) is 9.48 Å². The van der Waals surface area contributed by atoms with Gasteiger partial charge in [-0.15, -0.1) is 0 Å². The lowest BCUT2D eigenvalue weighted by atomic mass is 10.1. The highest BCUT2D eigenvalue weighted by molar-refractivity contribution is 6.32. The van der Waals surface area contributed by atoms with Crippen LogP contribution in [0.2, 0.25) is 5.02 Å². The third kappa shape index (κ3) is 3.60. The van der Waals surface area contributed by atoms with Gasteiger partial charge in [0.2, 0.25) is 0 Å². The first kappa shape index (κ1) is 16.4. The van der Waals surface area contributed by atoms with Gasteiger partial charge in [-0.2, -0.15) is 5.10 Å². The zero-order valence-corrected chi connectivity index (χ0v) is 13.9. The highest BCUT2D eigenvalue weighted by Gasteiger charge is 2.20. The monoisotopic (exact) mass is 321 g/mol. The Balaban J connectivity index is 1.99. The van der Waals surface area contributed by atoms with Crippen LogP contribution in [-0.2, 0) is 11.8 Å². The average Bonchev–Trinajstić information content (AvgIpc) is 2.81. The van der Waals surface area contributed by atoms with Gasteiger partial charge in [0.05, 0.1) is 17.3 Å². The van der Waals surface area contributed by atoms with Gasteiger partial charge in [0.15, 0.2) is 6.10 Å². The zero-order chi connectivity index (χ0) is 16.3. The number of hydrogen-bond acceptors (Lipinski definition) is 3. The van der Waals surface area contributed by atoms with Crippen molar-refractivity contribution in [2.45, 2.75) is 32.9 Å². The van der Waals surface area contributed by atoms with Gasteiger partial charge >= 0.3 is 0 Å². The Kier molecular flexibility index (Phi) is 5.08. The van der Waals surface area contributed by atoms with Crippen molar-refractivity contribution >= 4 is 17.5 Å². The number of aromatic nitrogens is 2. The van der Waals surface area contributed by atoms with Crippen molar-refractivity contribution in [1.29, 1.82) is 0 Å². The quantitative estimate of drug-likeness (QED) is 0.921. The third-order valence-electron chi connectivity index (χ3n) is 3.61. The highest BCUT2D eigenvalue weighted by Crippen LogP contribution is 2.24. The summed E-state index contributed by atoms with van der Waals surface area (Å²) in [4.78, 5) is 12.3. The average molecular weight is 322 g/mol. The molecule has 6 heteroatoms. The number of hydrogen-bond donors (Lipinski definition) is 1. The number of amides is 1. The zero-order valence-electron chi connectivity index (χ0n) is 13.1. The fraction of sp³-hybridized carbons (Fsp3) is 0.375. The number of carbonyl (C=O) groups is 1. The van der Waals surface area contributed by atoms with Crippen molar-refractivity contribution in [3.05, 3.63) is 46.7 Å². The lowest BCUT2D eigenvalue weighted by molar-refractivity contribution is -0.127. The minimum absolute atomic E-state index is 0.140. The molecule has 1 aromatic carbocycles. The molecule has 118 valence electrons. The molecule has 1 amide bonds. The molecule has 1 heterocycles. The van der Waals surface area contributed by atoms with Crippen LogP contribution in [0, 0.1) is 6.92 Å². The topological polar surface area (TPSA) is 56.1 Å². The number of nitrogens with zero attached hydrogens (tertiary/aromatic N) is 2. The van der Waals surface area contributed by atoms with Crippen molar-refractivity contribution < 1.29 is 9.53 Å². The number of nitrogens with one attached hydrogen (secondary N) is 1. The fourth-order valence-corrected chi connectivity index (χ4v) is 2.31. The first-order chi connectivity index (χ1) is 10.4. The minimum atomic E-state index is -0.640. The Morgan fingerprint density at radius 3 is 2.64 bits per heavy atom. The summed E-state index contributed by atoms with van der Waals surface area (Å²) in [5.41, 5.74) is 2.01. The summed E-state index contributed by atoms with van der Waals surface area (Å²) in [6, 6.07) is 6.95. The molecule has 1 N–H and O–H groups in total. The van der Waals surface area contributed by atoms with Crippen LogP contribution in [0.25, 0.3) is 0 Å². The molecular formula is C16H20ClN3O2. The molecule has 2 rings (SSSR count). The summed E-state index contributed by atoms with van der Waals surface area (Å²) < 4.78 is 7.39. The third-order valence-corrected chi connectivity index (χ3v) is 3.92. The summed E-state index contributed by atoms with van der Waals surface area (Å²) in [6.45, 7) is 5.58. The molecule has 0 radical (unpaired) electrons. The second kappa shape index (κ2) is 6.83. The summed E-state index contributed by atoms with van der Waals surface area (Å²) >= 11 is 6.03. The molecule has 0 fully saturated rings. The van der Waals surface area contributed by atoms with Crippen molar-refractivity contribution in [2.24, 2.45) is 7.05 Å². The summed E-state index contributed by atoms with van der Waals surface area (Å²) in [6.07, 6.45) is 1.12. The number of para-hydroxylation sites is 1. The van der Waals surface area contributed by atoms with Crippen molar-refractivity contribution in [1.82, 2.24) is 15.1 Å². The van der Waals surface area contributed by atoms with Crippen molar-refractivity contribution in [2.75, 3.05) is 0 Å². The van der Waals surface area contributed by atoms with E-state index < -0.39 is 6.10 Å². The number of benzene rings is 1. The largest absolute Gasteiger partial charge is 0.479 e. The van der Waals surface area contributed by atoms with E-state index in [1.165, 1.54) is 0 Å². The second-order valence-electron chi connectivity index (χ2n) is 5.23. The van der Waals surface area contributed by atoms with Gasteiger partial charge in [0, 0.05) is 18.3 Å². The maximum absolute atomic E-state index is 12.3. The Labute approximate surface area is 135 Å². The lowest BCUT2D eigenvalue weighted by Crippen LogP contribution is -2.37. The van der Waals surface area contributed by atoms with Crippen LogP contribution in [-0.4, -0.2) is 21.8 Å². The molecule has 1 aromatic heterocycles. The molecular weight excluding hydrogens is 302 g/mol. The van der Waals surface area contributed by atoms with Crippen LogP contribution >= 0.6 is 11.6 Å². The van der Waals surface area contributed by atoms with Crippen molar-refractivity contribution in [3.63, 3.8) is 0 Å². The van der Waals surface area contributed by atoms with Gasteiger partial charge < -0.3 is 10.1 Å². The fourth-order valence-electron chi connectivity index (χ4n) is 2.13. The maximum Gasteiger partial charge on any atom is 0.261 e. The molecule has 5 nitrogen and oxygen atoms in total. The van der Waals surface area contributed by atoms with E-state index in [2.05, 4.69) is 10.4 Å². The van der Waals surface area contributed by atoms with E-state index in [-0.39, 0.29) is 11.9 Å². The van der Waals surface area contributed by atoms with E-state index >= 15 is 0 Å². The molecule has 0 saturated heterocycles. The Morgan fingerprint density at radius 1 is 1.36 bits per heavy atom. The van der Waals surface area contributed by atoms with E-state index in [9.17, 15) is 4.79 Å². The van der Waals surface area contributed by atoms with Crippen LogP contribution in [0.1, 0.15) is 31.1 Å². The van der Waals surface area contributed by atoms with Gasteiger partial charge in [-0.1, -0.05) is 23.7 Å².